The van der Waals surface area contributed by atoms with Gasteiger partial charge < -0.3 is 9.80 Å². The number of aryl methyl sites for hydroxylation is 1. The third-order valence-corrected chi connectivity index (χ3v) is 4.87. The van der Waals surface area contributed by atoms with Crippen LogP contribution in [-0.2, 0) is 0 Å². The zero-order chi connectivity index (χ0) is 20.3. The Balaban J connectivity index is 2.10. The second kappa shape index (κ2) is 8.25. The van der Waals surface area contributed by atoms with Gasteiger partial charge in [-0.3, -0.25) is 14.0 Å². The molecule has 6 heteroatoms. The summed E-state index contributed by atoms with van der Waals surface area (Å²) in [7, 11) is 0. The summed E-state index contributed by atoms with van der Waals surface area (Å²) in [6, 6.07) is 13.3. The number of nitrogens with zero attached hydrogens (tertiary/aromatic N) is 4. The molecular weight excluding hydrogens is 352 g/mol. The SMILES string of the molecule is CCN(CC)C(=O)c1nc(C(=O)N(CC)c2cccc(C)c2)n2ccccc12. The van der Waals surface area contributed by atoms with E-state index in [1.807, 2.05) is 70.2 Å². The summed E-state index contributed by atoms with van der Waals surface area (Å²) in [5, 5.41) is 0. The number of rotatable bonds is 6. The van der Waals surface area contributed by atoms with E-state index in [0.717, 1.165) is 11.3 Å². The lowest BCUT2D eigenvalue weighted by Crippen LogP contribution is -2.33. The average Bonchev–Trinajstić information content (AvgIpc) is 3.09. The first-order valence-corrected chi connectivity index (χ1v) is 9.66. The highest BCUT2D eigenvalue weighted by Crippen LogP contribution is 2.21. The molecule has 0 aliphatic rings. The molecule has 2 amide bonds. The smallest absolute Gasteiger partial charge is 0.294 e. The molecule has 28 heavy (non-hydrogen) atoms. The normalized spacial score (nSPS) is 10.9. The van der Waals surface area contributed by atoms with Crippen molar-refractivity contribution in [3.05, 3.63) is 65.7 Å². The fourth-order valence-corrected chi connectivity index (χ4v) is 3.37. The van der Waals surface area contributed by atoms with Gasteiger partial charge in [-0.25, -0.2) is 4.98 Å². The van der Waals surface area contributed by atoms with Crippen LogP contribution >= 0.6 is 0 Å². The third kappa shape index (κ3) is 3.50. The van der Waals surface area contributed by atoms with Gasteiger partial charge in [0.25, 0.3) is 11.8 Å². The van der Waals surface area contributed by atoms with Gasteiger partial charge >= 0.3 is 0 Å². The van der Waals surface area contributed by atoms with Crippen molar-refractivity contribution in [3.63, 3.8) is 0 Å². The van der Waals surface area contributed by atoms with Crippen molar-refractivity contribution in [3.8, 4) is 0 Å². The van der Waals surface area contributed by atoms with Gasteiger partial charge in [0.15, 0.2) is 5.69 Å². The van der Waals surface area contributed by atoms with Crippen molar-refractivity contribution in [1.82, 2.24) is 14.3 Å². The predicted molar refractivity (Wildman–Crippen MR) is 111 cm³/mol. The first kappa shape index (κ1) is 19.6. The number of hydrogen-bond donors (Lipinski definition) is 0. The van der Waals surface area contributed by atoms with E-state index in [4.69, 9.17) is 0 Å². The molecule has 0 bridgehead atoms. The van der Waals surface area contributed by atoms with Gasteiger partial charge in [-0.1, -0.05) is 18.2 Å². The first-order valence-electron chi connectivity index (χ1n) is 9.66. The van der Waals surface area contributed by atoms with Crippen molar-refractivity contribution in [1.29, 1.82) is 0 Å². The van der Waals surface area contributed by atoms with Crippen molar-refractivity contribution < 1.29 is 9.59 Å². The van der Waals surface area contributed by atoms with Gasteiger partial charge in [0.2, 0.25) is 5.82 Å². The van der Waals surface area contributed by atoms with Crippen LogP contribution in [-0.4, -0.2) is 45.7 Å². The maximum atomic E-state index is 13.4. The largest absolute Gasteiger partial charge is 0.338 e. The topological polar surface area (TPSA) is 57.9 Å². The fourth-order valence-electron chi connectivity index (χ4n) is 3.37. The molecule has 0 radical (unpaired) electrons. The van der Waals surface area contributed by atoms with Gasteiger partial charge in [-0.2, -0.15) is 0 Å². The molecule has 0 saturated heterocycles. The number of anilines is 1. The number of pyridine rings is 1. The Kier molecular flexibility index (Phi) is 5.78. The molecule has 0 aliphatic carbocycles. The molecule has 1 aromatic carbocycles. The van der Waals surface area contributed by atoms with Crippen LogP contribution in [0.25, 0.3) is 5.52 Å². The molecule has 0 N–H and O–H groups in total. The van der Waals surface area contributed by atoms with Crippen LogP contribution in [0.2, 0.25) is 0 Å². The van der Waals surface area contributed by atoms with E-state index < -0.39 is 0 Å². The summed E-state index contributed by atoms with van der Waals surface area (Å²) >= 11 is 0. The van der Waals surface area contributed by atoms with Crippen molar-refractivity contribution in [2.24, 2.45) is 0 Å². The van der Waals surface area contributed by atoms with E-state index in [1.54, 1.807) is 20.4 Å². The van der Waals surface area contributed by atoms with Crippen molar-refractivity contribution in [2.75, 3.05) is 24.5 Å². The molecule has 0 aliphatic heterocycles. The molecule has 2 aromatic heterocycles. The second-order valence-electron chi connectivity index (χ2n) is 6.61. The number of imidazole rings is 1. The Morgan fingerprint density at radius 2 is 1.71 bits per heavy atom. The molecule has 3 aromatic rings. The predicted octanol–water partition coefficient (Wildman–Crippen LogP) is 3.79. The van der Waals surface area contributed by atoms with Crippen LogP contribution in [0, 0.1) is 6.92 Å². The van der Waals surface area contributed by atoms with E-state index in [-0.39, 0.29) is 17.6 Å². The summed E-state index contributed by atoms with van der Waals surface area (Å²) in [5.74, 6) is -0.145. The standard InChI is InChI=1S/C22H26N4O2/c1-5-24(6-2)21(27)19-18-13-8-9-14-26(18)20(23-19)22(28)25(7-3)17-12-10-11-16(4)15-17/h8-15H,5-7H2,1-4H3. The number of benzene rings is 1. The Labute approximate surface area is 165 Å². The number of fused-ring (bicyclic) bond motifs is 1. The second-order valence-corrected chi connectivity index (χ2v) is 6.61. The highest BCUT2D eigenvalue weighted by Gasteiger charge is 2.27. The van der Waals surface area contributed by atoms with Crippen LogP contribution in [0.4, 0.5) is 5.69 Å². The van der Waals surface area contributed by atoms with Gasteiger partial charge in [-0.05, 0) is 57.5 Å². The highest BCUT2D eigenvalue weighted by molar-refractivity contribution is 6.07. The van der Waals surface area contributed by atoms with Gasteiger partial charge in [0, 0.05) is 31.5 Å². The first-order chi connectivity index (χ1) is 13.5. The van der Waals surface area contributed by atoms with Gasteiger partial charge in [0.1, 0.15) is 0 Å². The molecule has 0 unspecified atom stereocenters. The Bertz CT molecular complexity index is 1000. The van der Waals surface area contributed by atoms with E-state index >= 15 is 0 Å². The van der Waals surface area contributed by atoms with E-state index in [0.29, 0.717) is 30.8 Å². The minimum Gasteiger partial charge on any atom is -0.338 e. The zero-order valence-corrected chi connectivity index (χ0v) is 16.8. The van der Waals surface area contributed by atoms with Crippen LogP contribution in [0.15, 0.2) is 48.7 Å². The van der Waals surface area contributed by atoms with Crippen molar-refractivity contribution in [2.45, 2.75) is 27.7 Å². The monoisotopic (exact) mass is 378 g/mol. The molecule has 0 saturated carbocycles. The Hall–Kier alpha value is -3.15. The zero-order valence-electron chi connectivity index (χ0n) is 16.8. The molecular formula is C22H26N4O2. The molecule has 2 heterocycles. The summed E-state index contributed by atoms with van der Waals surface area (Å²) in [4.78, 5) is 34.2. The molecule has 0 fully saturated rings. The van der Waals surface area contributed by atoms with E-state index in [2.05, 4.69) is 4.98 Å². The number of carbonyl (C=O) groups is 2. The minimum absolute atomic E-state index is 0.161. The van der Waals surface area contributed by atoms with Crippen LogP contribution in [0.1, 0.15) is 47.4 Å². The minimum atomic E-state index is -0.229. The van der Waals surface area contributed by atoms with E-state index in [9.17, 15) is 9.59 Å². The summed E-state index contributed by atoms with van der Waals surface area (Å²) in [6.07, 6.45) is 1.78. The molecule has 0 atom stereocenters. The Morgan fingerprint density at radius 3 is 2.36 bits per heavy atom. The van der Waals surface area contributed by atoms with Crippen molar-refractivity contribution >= 4 is 23.0 Å². The average molecular weight is 378 g/mol. The van der Waals surface area contributed by atoms with Crippen LogP contribution in [0.5, 0.6) is 0 Å². The molecule has 6 nitrogen and oxygen atoms in total. The number of carbonyl (C=O) groups excluding carboxylic acids is 2. The van der Waals surface area contributed by atoms with E-state index in [1.165, 1.54) is 0 Å². The molecule has 3 rings (SSSR count). The number of hydrogen-bond acceptors (Lipinski definition) is 3. The summed E-state index contributed by atoms with van der Waals surface area (Å²) < 4.78 is 1.71. The van der Waals surface area contributed by atoms with Crippen LogP contribution < -0.4 is 4.90 Å². The summed E-state index contributed by atoms with van der Waals surface area (Å²) in [5.41, 5.74) is 2.85. The lowest BCUT2D eigenvalue weighted by atomic mass is 10.2. The number of amides is 2. The number of aromatic nitrogens is 2. The summed E-state index contributed by atoms with van der Waals surface area (Å²) in [6.45, 7) is 9.48. The molecule has 0 spiro atoms. The quantitative estimate of drug-likeness (QED) is 0.656. The molecule has 146 valence electrons. The van der Waals surface area contributed by atoms with Gasteiger partial charge in [0.05, 0.1) is 5.52 Å². The third-order valence-electron chi connectivity index (χ3n) is 4.87. The fraction of sp³-hybridized carbons (Fsp3) is 0.318. The van der Waals surface area contributed by atoms with Gasteiger partial charge in [-0.15, -0.1) is 0 Å². The highest BCUT2D eigenvalue weighted by atomic mass is 16.2. The Morgan fingerprint density at radius 1 is 0.964 bits per heavy atom. The lowest BCUT2D eigenvalue weighted by molar-refractivity contribution is 0.0769. The lowest BCUT2D eigenvalue weighted by Gasteiger charge is -2.20. The maximum Gasteiger partial charge on any atom is 0.294 e. The van der Waals surface area contributed by atoms with Crippen LogP contribution in [0.3, 0.4) is 0 Å². The maximum absolute atomic E-state index is 13.4.